The van der Waals surface area contributed by atoms with Crippen molar-refractivity contribution in [2.24, 2.45) is 0 Å². The van der Waals surface area contributed by atoms with Crippen LogP contribution >= 0.6 is 15.9 Å². The molecule has 0 spiro atoms. The van der Waals surface area contributed by atoms with E-state index >= 15 is 0 Å². The van der Waals surface area contributed by atoms with E-state index in [0.717, 1.165) is 35.3 Å². The fourth-order valence-corrected chi connectivity index (χ4v) is 1.98. The summed E-state index contributed by atoms with van der Waals surface area (Å²) in [4.78, 5) is 0. The lowest BCUT2D eigenvalue weighted by Crippen LogP contribution is -2.17. The average Bonchev–Trinajstić information content (AvgIpc) is 2.28. The lowest BCUT2D eigenvalue weighted by Gasteiger charge is -2.14. The molecule has 0 aliphatic carbocycles. The quantitative estimate of drug-likeness (QED) is 0.761. The van der Waals surface area contributed by atoms with Crippen molar-refractivity contribution in [3.8, 4) is 5.75 Å². The molecule has 17 heavy (non-hydrogen) atoms. The van der Waals surface area contributed by atoms with Gasteiger partial charge >= 0.3 is 0 Å². The Morgan fingerprint density at radius 2 is 2.24 bits per heavy atom. The topological polar surface area (TPSA) is 41.5 Å². The predicted molar refractivity (Wildman–Crippen MR) is 73.3 cm³/mol. The first-order chi connectivity index (χ1) is 8.15. The van der Waals surface area contributed by atoms with E-state index in [9.17, 15) is 5.11 Å². The molecule has 1 aromatic carbocycles. The number of halogens is 1. The molecule has 3 nitrogen and oxygen atoms in total. The van der Waals surface area contributed by atoms with Gasteiger partial charge in [-0.3, -0.25) is 0 Å². The van der Waals surface area contributed by atoms with Crippen molar-refractivity contribution in [2.45, 2.75) is 32.9 Å². The van der Waals surface area contributed by atoms with Crippen molar-refractivity contribution in [3.63, 3.8) is 0 Å². The molecule has 0 aliphatic rings. The standard InChI is InChI=1S/C13H20BrNO2/c1-3-7-15-8-11-5-4-6-12(14)13(11)17-9-10(2)16/h4-6,10,15-16H,3,7-9H2,1-2H3. The molecule has 0 amide bonds. The summed E-state index contributed by atoms with van der Waals surface area (Å²) in [5, 5.41) is 12.6. The fraction of sp³-hybridized carbons (Fsp3) is 0.538. The lowest BCUT2D eigenvalue weighted by molar-refractivity contribution is 0.121. The largest absolute Gasteiger partial charge is 0.489 e. The number of para-hydroxylation sites is 1. The molecule has 0 heterocycles. The van der Waals surface area contributed by atoms with Gasteiger partial charge in [-0.25, -0.2) is 0 Å². The molecule has 1 rings (SSSR count). The molecule has 0 radical (unpaired) electrons. The highest BCUT2D eigenvalue weighted by Gasteiger charge is 2.08. The first kappa shape index (κ1) is 14.5. The molecular formula is C13H20BrNO2. The molecule has 0 saturated heterocycles. The zero-order chi connectivity index (χ0) is 12.7. The molecule has 0 bridgehead atoms. The van der Waals surface area contributed by atoms with Gasteiger partial charge in [0.05, 0.1) is 10.6 Å². The Kier molecular flexibility index (Phi) is 6.55. The number of rotatable bonds is 7. The molecule has 4 heteroatoms. The maximum Gasteiger partial charge on any atom is 0.138 e. The second-order valence-corrected chi connectivity index (χ2v) is 4.92. The Morgan fingerprint density at radius 1 is 1.47 bits per heavy atom. The summed E-state index contributed by atoms with van der Waals surface area (Å²) in [6.45, 7) is 5.93. The second kappa shape index (κ2) is 7.69. The van der Waals surface area contributed by atoms with Gasteiger partial charge in [0.25, 0.3) is 0 Å². The number of aliphatic hydroxyl groups excluding tert-OH is 1. The van der Waals surface area contributed by atoms with E-state index < -0.39 is 6.10 Å². The van der Waals surface area contributed by atoms with Crippen LogP contribution in [-0.2, 0) is 6.54 Å². The predicted octanol–water partition coefficient (Wildman–Crippen LogP) is 2.71. The van der Waals surface area contributed by atoms with Crippen molar-refractivity contribution >= 4 is 15.9 Å². The van der Waals surface area contributed by atoms with Gasteiger partial charge in [-0.1, -0.05) is 19.1 Å². The molecule has 0 aliphatic heterocycles. The Hall–Kier alpha value is -0.580. The summed E-state index contributed by atoms with van der Waals surface area (Å²) in [7, 11) is 0. The van der Waals surface area contributed by atoms with E-state index in [4.69, 9.17) is 4.74 Å². The van der Waals surface area contributed by atoms with Crippen molar-refractivity contribution in [2.75, 3.05) is 13.2 Å². The summed E-state index contributed by atoms with van der Waals surface area (Å²) >= 11 is 3.47. The van der Waals surface area contributed by atoms with Crippen molar-refractivity contribution in [1.82, 2.24) is 5.32 Å². The first-order valence-electron chi connectivity index (χ1n) is 5.94. The highest BCUT2D eigenvalue weighted by Crippen LogP contribution is 2.29. The first-order valence-corrected chi connectivity index (χ1v) is 6.73. The minimum absolute atomic E-state index is 0.309. The van der Waals surface area contributed by atoms with Crippen LogP contribution in [0.1, 0.15) is 25.8 Å². The van der Waals surface area contributed by atoms with Gasteiger partial charge in [0.1, 0.15) is 12.4 Å². The molecule has 0 fully saturated rings. The van der Waals surface area contributed by atoms with Crippen LogP contribution < -0.4 is 10.1 Å². The monoisotopic (exact) mass is 301 g/mol. The number of nitrogens with one attached hydrogen (secondary N) is 1. The number of benzene rings is 1. The summed E-state index contributed by atoms with van der Waals surface area (Å²) in [5.41, 5.74) is 1.11. The molecule has 0 aromatic heterocycles. The van der Waals surface area contributed by atoms with Gasteiger partial charge in [0.2, 0.25) is 0 Å². The third-order valence-corrected chi connectivity index (χ3v) is 2.88. The van der Waals surface area contributed by atoms with Gasteiger partial charge in [-0.2, -0.15) is 0 Å². The Labute approximate surface area is 111 Å². The van der Waals surface area contributed by atoms with Crippen LogP contribution in [0.2, 0.25) is 0 Å². The Morgan fingerprint density at radius 3 is 2.88 bits per heavy atom. The minimum Gasteiger partial charge on any atom is -0.489 e. The smallest absolute Gasteiger partial charge is 0.138 e. The summed E-state index contributed by atoms with van der Waals surface area (Å²) < 4.78 is 6.55. The average molecular weight is 302 g/mol. The lowest BCUT2D eigenvalue weighted by atomic mass is 10.2. The maximum absolute atomic E-state index is 9.25. The van der Waals surface area contributed by atoms with Crippen LogP contribution in [0.3, 0.4) is 0 Å². The Balaban J connectivity index is 2.69. The molecular weight excluding hydrogens is 282 g/mol. The van der Waals surface area contributed by atoms with Gasteiger partial charge in [-0.05, 0) is 41.9 Å². The van der Waals surface area contributed by atoms with E-state index in [0.29, 0.717) is 6.61 Å². The van der Waals surface area contributed by atoms with E-state index in [2.05, 4.69) is 28.2 Å². The molecule has 1 aromatic rings. The van der Waals surface area contributed by atoms with E-state index in [1.54, 1.807) is 6.92 Å². The highest BCUT2D eigenvalue weighted by molar-refractivity contribution is 9.10. The zero-order valence-electron chi connectivity index (χ0n) is 10.4. The van der Waals surface area contributed by atoms with E-state index in [1.165, 1.54) is 0 Å². The number of hydrogen-bond acceptors (Lipinski definition) is 3. The third-order valence-electron chi connectivity index (χ3n) is 2.26. The summed E-state index contributed by atoms with van der Waals surface area (Å²) in [6, 6.07) is 5.97. The molecule has 96 valence electrons. The van der Waals surface area contributed by atoms with Gasteiger partial charge in [-0.15, -0.1) is 0 Å². The van der Waals surface area contributed by atoms with Crippen molar-refractivity contribution in [1.29, 1.82) is 0 Å². The Bertz CT molecular complexity index is 342. The van der Waals surface area contributed by atoms with Crippen LogP contribution in [0.15, 0.2) is 22.7 Å². The molecule has 0 saturated carbocycles. The molecule has 1 atom stereocenters. The third kappa shape index (κ3) is 5.06. The summed E-state index contributed by atoms with van der Waals surface area (Å²) in [5.74, 6) is 0.817. The second-order valence-electron chi connectivity index (χ2n) is 4.06. The summed E-state index contributed by atoms with van der Waals surface area (Å²) in [6.07, 6.45) is 0.649. The SMILES string of the molecule is CCCNCc1cccc(Br)c1OCC(C)O. The molecule has 2 N–H and O–H groups in total. The van der Waals surface area contributed by atoms with Gasteiger partial charge in [0, 0.05) is 12.1 Å². The van der Waals surface area contributed by atoms with Crippen LogP contribution in [-0.4, -0.2) is 24.4 Å². The van der Waals surface area contributed by atoms with E-state index in [-0.39, 0.29) is 0 Å². The van der Waals surface area contributed by atoms with Crippen LogP contribution in [0.4, 0.5) is 0 Å². The van der Waals surface area contributed by atoms with Crippen LogP contribution in [0, 0.1) is 0 Å². The minimum atomic E-state index is -0.460. The molecule has 1 unspecified atom stereocenters. The van der Waals surface area contributed by atoms with Gasteiger partial charge < -0.3 is 15.2 Å². The van der Waals surface area contributed by atoms with Crippen LogP contribution in [0.5, 0.6) is 5.75 Å². The van der Waals surface area contributed by atoms with Crippen molar-refractivity contribution < 1.29 is 9.84 Å². The number of hydrogen-bond donors (Lipinski definition) is 2. The maximum atomic E-state index is 9.25. The van der Waals surface area contributed by atoms with Crippen LogP contribution in [0.25, 0.3) is 0 Å². The zero-order valence-corrected chi connectivity index (χ0v) is 12.0. The van der Waals surface area contributed by atoms with Crippen molar-refractivity contribution in [3.05, 3.63) is 28.2 Å². The number of aliphatic hydroxyl groups is 1. The van der Waals surface area contributed by atoms with Gasteiger partial charge in [0.15, 0.2) is 0 Å². The number of ether oxygens (including phenoxy) is 1. The fourth-order valence-electron chi connectivity index (χ4n) is 1.46. The highest BCUT2D eigenvalue weighted by atomic mass is 79.9. The normalized spacial score (nSPS) is 12.5. The van der Waals surface area contributed by atoms with E-state index in [1.807, 2.05) is 18.2 Å².